The van der Waals surface area contributed by atoms with Gasteiger partial charge in [-0.3, -0.25) is 4.68 Å². The first-order valence-corrected chi connectivity index (χ1v) is 5.17. The fourth-order valence-electron chi connectivity index (χ4n) is 1.35. The summed E-state index contributed by atoms with van der Waals surface area (Å²) in [6.07, 6.45) is 0.228. The van der Waals surface area contributed by atoms with Crippen LogP contribution in [0.15, 0.2) is 0 Å². The zero-order valence-corrected chi connectivity index (χ0v) is 9.84. The van der Waals surface area contributed by atoms with Crippen LogP contribution < -0.4 is 0 Å². The highest BCUT2D eigenvalue weighted by Crippen LogP contribution is 2.21. The molecule has 0 saturated carbocycles. The van der Waals surface area contributed by atoms with E-state index in [1.165, 1.54) is 0 Å². The maximum Gasteiger partial charge on any atom is 0.130 e. The summed E-state index contributed by atoms with van der Waals surface area (Å²) in [6.45, 7) is 5.89. The number of aromatic nitrogens is 2. The largest absolute Gasteiger partial charge is 0.393 e. The van der Waals surface area contributed by atoms with Gasteiger partial charge in [0.25, 0.3) is 0 Å². The molecule has 0 saturated heterocycles. The predicted octanol–water partition coefficient (Wildman–Crippen LogP) is 1.94. The van der Waals surface area contributed by atoms with Gasteiger partial charge >= 0.3 is 0 Å². The van der Waals surface area contributed by atoms with Gasteiger partial charge in [0.05, 0.1) is 11.8 Å². The number of hydrogen-bond acceptors (Lipinski definition) is 2. The van der Waals surface area contributed by atoms with Gasteiger partial charge < -0.3 is 5.11 Å². The third-order valence-electron chi connectivity index (χ3n) is 2.45. The first-order valence-electron chi connectivity index (χ1n) is 4.79. The van der Waals surface area contributed by atoms with Crippen LogP contribution in [0.4, 0.5) is 0 Å². The van der Waals surface area contributed by atoms with Crippen LogP contribution in [0.1, 0.15) is 25.1 Å². The topological polar surface area (TPSA) is 38.0 Å². The van der Waals surface area contributed by atoms with Gasteiger partial charge in [0.1, 0.15) is 5.15 Å². The van der Waals surface area contributed by atoms with Crippen molar-refractivity contribution in [1.82, 2.24) is 9.78 Å². The number of aliphatic hydroxyl groups excluding tert-OH is 1. The highest BCUT2D eigenvalue weighted by atomic mass is 35.5. The van der Waals surface area contributed by atoms with Gasteiger partial charge in [0.15, 0.2) is 0 Å². The van der Waals surface area contributed by atoms with E-state index < -0.39 is 0 Å². The van der Waals surface area contributed by atoms with Crippen LogP contribution in [0.3, 0.4) is 0 Å². The Hall–Kier alpha value is -0.540. The van der Waals surface area contributed by atoms with Gasteiger partial charge in [-0.15, -0.1) is 0 Å². The predicted molar refractivity (Wildman–Crippen MR) is 57.5 cm³/mol. The van der Waals surface area contributed by atoms with E-state index in [-0.39, 0.29) is 12.0 Å². The molecular formula is C10H17ClN2O. The van der Waals surface area contributed by atoms with Crippen molar-refractivity contribution in [2.24, 2.45) is 13.0 Å². The molecule has 1 N–H and O–H groups in total. The zero-order valence-electron chi connectivity index (χ0n) is 9.08. The molecule has 0 fully saturated rings. The SMILES string of the molecule is Cc1nn(C)c(Cl)c1CC(O)C(C)C. The number of halogens is 1. The molecule has 1 unspecified atom stereocenters. The normalized spacial score (nSPS) is 13.6. The average Bonchev–Trinajstić information content (AvgIpc) is 2.32. The van der Waals surface area contributed by atoms with Crippen molar-refractivity contribution >= 4 is 11.6 Å². The molecule has 0 amide bonds. The van der Waals surface area contributed by atoms with Crippen molar-refractivity contribution in [3.8, 4) is 0 Å². The number of rotatable bonds is 3. The Kier molecular flexibility index (Phi) is 3.56. The highest BCUT2D eigenvalue weighted by molar-refractivity contribution is 6.30. The molecule has 0 spiro atoms. The number of nitrogens with zero attached hydrogens (tertiary/aromatic N) is 2. The minimum absolute atomic E-state index is 0.241. The fourth-order valence-corrected chi connectivity index (χ4v) is 1.60. The maximum absolute atomic E-state index is 9.74. The lowest BCUT2D eigenvalue weighted by Gasteiger charge is -2.13. The molecule has 0 bridgehead atoms. The Morgan fingerprint density at radius 1 is 1.50 bits per heavy atom. The maximum atomic E-state index is 9.74. The van der Waals surface area contributed by atoms with Crippen molar-refractivity contribution in [2.45, 2.75) is 33.3 Å². The first-order chi connectivity index (χ1) is 6.43. The minimum Gasteiger partial charge on any atom is -0.393 e. The Labute approximate surface area is 89.7 Å². The lowest BCUT2D eigenvalue weighted by molar-refractivity contribution is 0.125. The van der Waals surface area contributed by atoms with Crippen LogP contribution in [0, 0.1) is 12.8 Å². The van der Waals surface area contributed by atoms with E-state index in [4.69, 9.17) is 11.6 Å². The molecule has 3 nitrogen and oxygen atoms in total. The lowest BCUT2D eigenvalue weighted by atomic mass is 10.00. The Morgan fingerprint density at radius 3 is 2.43 bits per heavy atom. The third kappa shape index (κ3) is 2.28. The summed E-state index contributed by atoms with van der Waals surface area (Å²) in [4.78, 5) is 0. The van der Waals surface area contributed by atoms with Crippen molar-refractivity contribution in [2.75, 3.05) is 0 Å². The molecule has 1 atom stereocenters. The van der Waals surface area contributed by atoms with Crippen LogP contribution >= 0.6 is 11.6 Å². The van der Waals surface area contributed by atoms with Crippen molar-refractivity contribution in [3.05, 3.63) is 16.4 Å². The highest BCUT2D eigenvalue weighted by Gasteiger charge is 2.17. The second-order valence-corrected chi connectivity index (χ2v) is 4.35. The third-order valence-corrected chi connectivity index (χ3v) is 2.93. The molecule has 14 heavy (non-hydrogen) atoms. The summed E-state index contributed by atoms with van der Waals surface area (Å²) >= 11 is 6.05. The van der Waals surface area contributed by atoms with Crippen LogP contribution in [0.5, 0.6) is 0 Å². The fraction of sp³-hybridized carbons (Fsp3) is 0.700. The van der Waals surface area contributed by atoms with E-state index in [0.717, 1.165) is 11.3 Å². The molecule has 1 aromatic heterocycles. The Morgan fingerprint density at radius 2 is 2.07 bits per heavy atom. The summed E-state index contributed by atoms with van der Waals surface area (Å²) in [7, 11) is 1.81. The second kappa shape index (κ2) is 4.32. The van der Waals surface area contributed by atoms with Gasteiger partial charge in [-0.05, 0) is 12.8 Å². The average molecular weight is 217 g/mol. The summed E-state index contributed by atoms with van der Waals surface area (Å²) in [5.41, 5.74) is 1.85. The molecule has 1 heterocycles. The first kappa shape index (κ1) is 11.5. The van der Waals surface area contributed by atoms with E-state index in [0.29, 0.717) is 11.6 Å². The smallest absolute Gasteiger partial charge is 0.130 e. The lowest BCUT2D eigenvalue weighted by Crippen LogP contribution is -2.18. The van der Waals surface area contributed by atoms with Crippen LogP contribution in [0.2, 0.25) is 5.15 Å². The molecule has 0 aliphatic heterocycles. The quantitative estimate of drug-likeness (QED) is 0.839. The number of aliphatic hydroxyl groups is 1. The molecule has 0 radical (unpaired) electrons. The summed E-state index contributed by atoms with van der Waals surface area (Å²) in [5.74, 6) is 0.241. The van der Waals surface area contributed by atoms with E-state index >= 15 is 0 Å². The van der Waals surface area contributed by atoms with Crippen LogP contribution in [0.25, 0.3) is 0 Å². The standard InChI is InChI=1S/C10H17ClN2O/c1-6(2)9(14)5-8-7(3)12-13(4)10(8)11/h6,9,14H,5H2,1-4H3. The minimum atomic E-state index is -0.351. The molecule has 1 rings (SSSR count). The monoisotopic (exact) mass is 216 g/mol. The molecule has 0 aliphatic rings. The Balaban J connectivity index is 2.86. The molecule has 0 aromatic carbocycles. The summed E-state index contributed by atoms with van der Waals surface area (Å²) < 4.78 is 1.64. The molecule has 1 aromatic rings. The van der Waals surface area contributed by atoms with Gasteiger partial charge in [0.2, 0.25) is 0 Å². The molecule has 4 heteroatoms. The van der Waals surface area contributed by atoms with Crippen molar-refractivity contribution in [3.63, 3.8) is 0 Å². The van der Waals surface area contributed by atoms with Crippen molar-refractivity contribution in [1.29, 1.82) is 0 Å². The van der Waals surface area contributed by atoms with E-state index in [1.54, 1.807) is 11.7 Å². The van der Waals surface area contributed by atoms with Crippen molar-refractivity contribution < 1.29 is 5.11 Å². The van der Waals surface area contributed by atoms with E-state index in [9.17, 15) is 5.11 Å². The second-order valence-electron chi connectivity index (χ2n) is 3.99. The van der Waals surface area contributed by atoms with Gasteiger partial charge in [-0.25, -0.2) is 0 Å². The molecule has 80 valence electrons. The van der Waals surface area contributed by atoms with E-state index in [2.05, 4.69) is 5.10 Å². The Bertz CT molecular complexity index is 320. The van der Waals surface area contributed by atoms with Crippen LogP contribution in [-0.4, -0.2) is 21.0 Å². The molecular weight excluding hydrogens is 200 g/mol. The number of hydrogen-bond donors (Lipinski definition) is 1. The summed E-state index contributed by atoms with van der Waals surface area (Å²) in [5, 5.41) is 14.6. The zero-order chi connectivity index (χ0) is 10.9. The summed E-state index contributed by atoms with van der Waals surface area (Å²) in [6, 6.07) is 0. The van der Waals surface area contributed by atoms with Gasteiger partial charge in [-0.1, -0.05) is 25.4 Å². The van der Waals surface area contributed by atoms with Crippen LogP contribution in [-0.2, 0) is 13.5 Å². The van der Waals surface area contributed by atoms with E-state index in [1.807, 2.05) is 20.8 Å². The van der Waals surface area contributed by atoms with Gasteiger partial charge in [0, 0.05) is 19.0 Å². The van der Waals surface area contributed by atoms with Gasteiger partial charge in [-0.2, -0.15) is 5.10 Å². The molecule has 0 aliphatic carbocycles. The number of aryl methyl sites for hydroxylation is 2.